The first kappa shape index (κ1) is 10.3. The Kier molecular flexibility index (Phi) is 4.00. The van der Waals surface area contributed by atoms with Gasteiger partial charge in [-0.3, -0.25) is 0 Å². The molecule has 2 nitrogen and oxygen atoms in total. The largest absolute Gasteiger partial charge is 0.459 e. The first-order valence-electron chi connectivity index (χ1n) is 5.14. The van der Waals surface area contributed by atoms with Gasteiger partial charge in [-0.05, 0) is 19.8 Å². The predicted octanol–water partition coefficient (Wildman–Crippen LogP) is 2.83. The van der Waals surface area contributed by atoms with Crippen LogP contribution in [0.25, 0.3) is 0 Å². The van der Waals surface area contributed by atoms with E-state index in [-0.39, 0.29) is 12.1 Å². The zero-order valence-corrected chi connectivity index (χ0v) is 8.51. The summed E-state index contributed by atoms with van der Waals surface area (Å²) in [6.07, 6.45) is 7.60. The Morgan fingerprint density at radius 1 is 1.54 bits per heavy atom. The van der Waals surface area contributed by atoms with Crippen molar-refractivity contribution in [3.63, 3.8) is 0 Å². The van der Waals surface area contributed by atoms with E-state index < -0.39 is 0 Å². The fraction of sp³-hybridized carbons (Fsp3) is 0.727. The summed E-state index contributed by atoms with van der Waals surface area (Å²) in [6, 6.07) is 0. The summed E-state index contributed by atoms with van der Waals surface area (Å²) in [7, 11) is 0. The number of esters is 1. The second kappa shape index (κ2) is 5.05. The summed E-state index contributed by atoms with van der Waals surface area (Å²) in [5, 5.41) is 0. The molecule has 0 aliphatic carbocycles. The third-order valence-electron chi connectivity index (χ3n) is 2.28. The summed E-state index contributed by atoms with van der Waals surface area (Å²) < 4.78 is 5.02. The molecule has 2 heteroatoms. The molecule has 0 radical (unpaired) electrons. The molecule has 0 aromatic carbocycles. The number of rotatable bonds is 4. The molecule has 0 aromatic rings. The first-order valence-corrected chi connectivity index (χ1v) is 5.14. The molecule has 1 atom stereocenters. The highest BCUT2D eigenvalue weighted by molar-refractivity contribution is 5.90. The van der Waals surface area contributed by atoms with Gasteiger partial charge < -0.3 is 4.74 Å². The second-order valence-electron chi connectivity index (χ2n) is 3.65. The molecule has 0 amide bonds. The lowest BCUT2D eigenvalue weighted by Gasteiger charge is -1.94. The number of hydrogen-bond acceptors (Lipinski definition) is 2. The molecule has 1 saturated heterocycles. The molecular weight excluding hydrogens is 164 g/mol. The van der Waals surface area contributed by atoms with Gasteiger partial charge in [0.05, 0.1) is 0 Å². The number of unbranched alkanes of at least 4 members (excludes halogenated alkanes) is 3. The molecule has 1 rings (SSSR count). The van der Waals surface area contributed by atoms with Crippen LogP contribution in [0, 0.1) is 0 Å². The average Bonchev–Trinajstić information content (AvgIpc) is 2.39. The zero-order valence-electron chi connectivity index (χ0n) is 8.51. The molecule has 1 aliphatic rings. The molecule has 1 unspecified atom stereocenters. The van der Waals surface area contributed by atoms with Crippen molar-refractivity contribution in [2.75, 3.05) is 0 Å². The highest BCUT2D eigenvalue weighted by Crippen LogP contribution is 2.20. The smallest absolute Gasteiger partial charge is 0.334 e. The molecule has 0 bridgehead atoms. The van der Waals surface area contributed by atoms with Crippen LogP contribution >= 0.6 is 0 Å². The van der Waals surface area contributed by atoms with Crippen molar-refractivity contribution in [3.05, 3.63) is 11.6 Å². The van der Waals surface area contributed by atoms with Crippen LogP contribution in [-0.2, 0) is 9.53 Å². The van der Waals surface area contributed by atoms with Crippen molar-refractivity contribution in [3.8, 4) is 0 Å². The lowest BCUT2D eigenvalue weighted by molar-refractivity contribution is -0.138. The standard InChI is InChI=1S/C11H18O2/c1-3-4-5-6-7-10-8-9(2)13-11(10)12/h7,9H,3-6,8H2,1-2H3. The molecule has 13 heavy (non-hydrogen) atoms. The third-order valence-corrected chi connectivity index (χ3v) is 2.28. The van der Waals surface area contributed by atoms with Gasteiger partial charge in [0.1, 0.15) is 6.10 Å². The topological polar surface area (TPSA) is 26.3 Å². The highest BCUT2D eigenvalue weighted by atomic mass is 16.5. The van der Waals surface area contributed by atoms with Crippen LogP contribution < -0.4 is 0 Å². The first-order chi connectivity index (χ1) is 6.24. The van der Waals surface area contributed by atoms with Crippen LogP contribution in [0.3, 0.4) is 0 Å². The van der Waals surface area contributed by atoms with E-state index in [0.29, 0.717) is 0 Å². The summed E-state index contributed by atoms with van der Waals surface area (Å²) >= 11 is 0. The number of hydrogen-bond donors (Lipinski definition) is 0. The fourth-order valence-electron chi connectivity index (χ4n) is 1.53. The lowest BCUT2D eigenvalue weighted by Crippen LogP contribution is -1.99. The summed E-state index contributed by atoms with van der Waals surface area (Å²) in [4.78, 5) is 11.2. The van der Waals surface area contributed by atoms with E-state index in [4.69, 9.17) is 4.74 Å². The molecule has 0 N–H and O–H groups in total. The maximum Gasteiger partial charge on any atom is 0.334 e. The molecule has 0 aromatic heterocycles. The Bertz CT molecular complexity index is 206. The average molecular weight is 182 g/mol. The van der Waals surface area contributed by atoms with E-state index in [1.165, 1.54) is 19.3 Å². The van der Waals surface area contributed by atoms with Crippen molar-refractivity contribution in [1.82, 2.24) is 0 Å². The minimum Gasteiger partial charge on any atom is -0.459 e. The molecule has 0 spiro atoms. The molecule has 74 valence electrons. The Morgan fingerprint density at radius 3 is 2.85 bits per heavy atom. The minimum atomic E-state index is -0.107. The van der Waals surface area contributed by atoms with E-state index >= 15 is 0 Å². The van der Waals surface area contributed by atoms with E-state index in [0.717, 1.165) is 18.4 Å². The molecular formula is C11H18O2. The van der Waals surface area contributed by atoms with Gasteiger partial charge >= 0.3 is 5.97 Å². The van der Waals surface area contributed by atoms with E-state index in [9.17, 15) is 4.79 Å². The van der Waals surface area contributed by atoms with Crippen molar-refractivity contribution in [2.24, 2.45) is 0 Å². The van der Waals surface area contributed by atoms with Crippen LogP contribution in [0.4, 0.5) is 0 Å². The summed E-state index contributed by atoms with van der Waals surface area (Å²) in [6.45, 7) is 4.11. The van der Waals surface area contributed by atoms with E-state index in [2.05, 4.69) is 6.92 Å². The Hall–Kier alpha value is -0.790. The highest BCUT2D eigenvalue weighted by Gasteiger charge is 2.24. The summed E-state index contributed by atoms with van der Waals surface area (Å²) in [5.41, 5.74) is 0.878. The summed E-state index contributed by atoms with van der Waals surface area (Å²) in [5.74, 6) is -0.107. The number of cyclic esters (lactones) is 1. The van der Waals surface area contributed by atoms with Gasteiger partial charge in [-0.1, -0.05) is 25.8 Å². The minimum absolute atomic E-state index is 0.0879. The maximum atomic E-state index is 11.2. The van der Waals surface area contributed by atoms with Gasteiger partial charge in [0.2, 0.25) is 0 Å². The van der Waals surface area contributed by atoms with Crippen molar-refractivity contribution in [2.45, 2.75) is 52.1 Å². The van der Waals surface area contributed by atoms with Crippen LogP contribution in [0.15, 0.2) is 11.6 Å². The van der Waals surface area contributed by atoms with Gasteiger partial charge in [-0.15, -0.1) is 0 Å². The van der Waals surface area contributed by atoms with Gasteiger partial charge in [0.25, 0.3) is 0 Å². The Morgan fingerprint density at radius 2 is 2.31 bits per heavy atom. The number of allylic oxidation sites excluding steroid dienone is 1. The van der Waals surface area contributed by atoms with Gasteiger partial charge in [-0.2, -0.15) is 0 Å². The zero-order chi connectivity index (χ0) is 9.68. The Balaban J connectivity index is 2.30. The van der Waals surface area contributed by atoms with Crippen LogP contribution in [0.1, 0.15) is 46.0 Å². The number of ether oxygens (including phenoxy) is 1. The number of carbonyl (C=O) groups is 1. The van der Waals surface area contributed by atoms with E-state index in [1.54, 1.807) is 0 Å². The molecule has 1 heterocycles. The number of carbonyl (C=O) groups excluding carboxylic acids is 1. The maximum absolute atomic E-state index is 11.2. The van der Waals surface area contributed by atoms with Gasteiger partial charge in [0, 0.05) is 12.0 Å². The molecule has 1 fully saturated rings. The van der Waals surface area contributed by atoms with E-state index in [1.807, 2.05) is 13.0 Å². The lowest BCUT2D eigenvalue weighted by atomic mass is 10.1. The SMILES string of the molecule is CCCCCC=C1CC(C)OC1=O. The normalized spacial score (nSPS) is 25.2. The van der Waals surface area contributed by atoms with Crippen molar-refractivity contribution < 1.29 is 9.53 Å². The predicted molar refractivity (Wildman–Crippen MR) is 52.4 cm³/mol. The van der Waals surface area contributed by atoms with Gasteiger partial charge in [0.15, 0.2) is 0 Å². The van der Waals surface area contributed by atoms with Crippen molar-refractivity contribution in [1.29, 1.82) is 0 Å². The van der Waals surface area contributed by atoms with Crippen LogP contribution in [-0.4, -0.2) is 12.1 Å². The second-order valence-corrected chi connectivity index (χ2v) is 3.65. The quantitative estimate of drug-likeness (QED) is 0.379. The third kappa shape index (κ3) is 3.21. The monoisotopic (exact) mass is 182 g/mol. The van der Waals surface area contributed by atoms with Crippen LogP contribution in [0.5, 0.6) is 0 Å². The Labute approximate surface area is 80.0 Å². The van der Waals surface area contributed by atoms with Crippen molar-refractivity contribution >= 4 is 5.97 Å². The molecule has 1 aliphatic heterocycles. The van der Waals surface area contributed by atoms with Gasteiger partial charge in [-0.25, -0.2) is 4.79 Å². The van der Waals surface area contributed by atoms with Crippen LogP contribution in [0.2, 0.25) is 0 Å². The molecule has 0 saturated carbocycles. The fourth-order valence-corrected chi connectivity index (χ4v) is 1.53.